The van der Waals surface area contributed by atoms with E-state index in [4.69, 9.17) is 26.0 Å². The normalized spacial score (nSPS) is 13.4. The van der Waals surface area contributed by atoms with E-state index >= 15 is 0 Å². The van der Waals surface area contributed by atoms with Crippen molar-refractivity contribution in [3.63, 3.8) is 0 Å². The Morgan fingerprint density at radius 3 is 2.73 bits per heavy atom. The van der Waals surface area contributed by atoms with Gasteiger partial charge in [-0.25, -0.2) is 14.8 Å². The summed E-state index contributed by atoms with van der Waals surface area (Å²) in [6.07, 6.45) is 1.86. The summed E-state index contributed by atoms with van der Waals surface area (Å²) in [7, 11) is 0. The second-order valence-corrected chi connectivity index (χ2v) is 8.52. The van der Waals surface area contributed by atoms with E-state index in [9.17, 15) is 9.90 Å². The molecular weight excluding hydrogens is 438 g/mol. The number of para-hydroxylation sites is 1. The van der Waals surface area contributed by atoms with Crippen LogP contribution < -0.4 is 4.90 Å². The lowest BCUT2D eigenvalue weighted by molar-refractivity contribution is 0.0697. The third-order valence-electron chi connectivity index (χ3n) is 5.97. The van der Waals surface area contributed by atoms with Crippen molar-refractivity contribution in [2.75, 3.05) is 11.4 Å². The number of anilines is 2. The highest BCUT2D eigenvalue weighted by Crippen LogP contribution is 2.40. The van der Waals surface area contributed by atoms with Crippen LogP contribution in [-0.4, -0.2) is 27.6 Å². The number of rotatable bonds is 3. The highest BCUT2D eigenvalue weighted by atomic mass is 35.5. The number of aryl methyl sites for hydroxylation is 1. The fraction of sp³-hybridized carbons (Fsp3) is 0.115. The lowest BCUT2D eigenvalue weighted by Gasteiger charge is -2.31. The molecule has 7 heteroatoms. The minimum atomic E-state index is -1.00. The van der Waals surface area contributed by atoms with Crippen LogP contribution in [0.2, 0.25) is 5.02 Å². The number of halogens is 1. The summed E-state index contributed by atoms with van der Waals surface area (Å²) in [6, 6.07) is 20.4. The molecule has 33 heavy (non-hydrogen) atoms. The minimum absolute atomic E-state index is 0.171. The van der Waals surface area contributed by atoms with Crippen molar-refractivity contribution in [1.82, 2.24) is 9.97 Å². The van der Waals surface area contributed by atoms with E-state index in [2.05, 4.69) is 4.90 Å². The average molecular weight is 456 g/mol. The second-order valence-electron chi connectivity index (χ2n) is 8.08. The Bertz CT molecular complexity index is 1530. The summed E-state index contributed by atoms with van der Waals surface area (Å²) in [5.74, 6) is 0.246. The van der Waals surface area contributed by atoms with Gasteiger partial charge < -0.3 is 14.4 Å². The molecule has 0 unspecified atom stereocenters. The fourth-order valence-electron chi connectivity index (χ4n) is 4.42. The SMILES string of the molecule is O=C(O)c1ccc2nc(-c3cc4ccccc4o3)c(N3CCCc4cc(Cl)ccc43)nc2c1. The quantitative estimate of drug-likeness (QED) is 0.335. The first-order chi connectivity index (χ1) is 16.1. The third kappa shape index (κ3) is 3.39. The zero-order valence-electron chi connectivity index (χ0n) is 17.5. The topological polar surface area (TPSA) is 79.5 Å². The molecule has 162 valence electrons. The summed E-state index contributed by atoms with van der Waals surface area (Å²) < 4.78 is 6.16. The molecule has 2 aromatic heterocycles. The predicted octanol–water partition coefficient (Wildman–Crippen LogP) is 6.48. The summed E-state index contributed by atoms with van der Waals surface area (Å²) in [5, 5.41) is 11.1. The molecule has 0 atom stereocenters. The maximum Gasteiger partial charge on any atom is 0.335 e. The summed E-state index contributed by atoms with van der Waals surface area (Å²) in [5.41, 5.74) is 4.84. The first kappa shape index (κ1) is 19.8. The van der Waals surface area contributed by atoms with Crippen molar-refractivity contribution in [3.05, 3.63) is 82.9 Å². The highest BCUT2D eigenvalue weighted by Gasteiger charge is 2.26. The van der Waals surface area contributed by atoms with Crippen LogP contribution in [0.3, 0.4) is 0 Å². The number of aromatic nitrogens is 2. The van der Waals surface area contributed by atoms with Gasteiger partial charge in [0.15, 0.2) is 11.6 Å². The van der Waals surface area contributed by atoms with Gasteiger partial charge in [-0.1, -0.05) is 29.8 Å². The first-order valence-corrected chi connectivity index (χ1v) is 11.0. The molecule has 0 spiro atoms. The maximum atomic E-state index is 11.5. The number of benzene rings is 3. The van der Waals surface area contributed by atoms with Gasteiger partial charge in [-0.2, -0.15) is 0 Å². The van der Waals surface area contributed by atoms with E-state index in [1.807, 2.05) is 48.5 Å². The molecule has 1 aliphatic heterocycles. The molecule has 0 saturated carbocycles. The van der Waals surface area contributed by atoms with Crippen LogP contribution >= 0.6 is 11.6 Å². The van der Waals surface area contributed by atoms with E-state index in [-0.39, 0.29) is 5.56 Å². The zero-order chi connectivity index (χ0) is 22.5. The van der Waals surface area contributed by atoms with Gasteiger partial charge in [0.2, 0.25) is 0 Å². The number of carboxylic acid groups (broad SMARTS) is 1. The van der Waals surface area contributed by atoms with Gasteiger partial charge in [0, 0.05) is 22.6 Å². The molecule has 5 aromatic rings. The molecule has 3 aromatic carbocycles. The molecule has 3 heterocycles. The number of furan rings is 1. The largest absolute Gasteiger partial charge is 0.478 e. The van der Waals surface area contributed by atoms with Crippen LogP contribution in [0.4, 0.5) is 11.5 Å². The van der Waals surface area contributed by atoms with Gasteiger partial charge in [0.05, 0.1) is 16.6 Å². The molecule has 0 amide bonds. The maximum absolute atomic E-state index is 11.5. The predicted molar refractivity (Wildman–Crippen MR) is 128 cm³/mol. The van der Waals surface area contributed by atoms with Crippen LogP contribution in [0.1, 0.15) is 22.3 Å². The van der Waals surface area contributed by atoms with E-state index in [0.29, 0.717) is 33.3 Å². The average Bonchev–Trinajstić information content (AvgIpc) is 3.26. The summed E-state index contributed by atoms with van der Waals surface area (Å²) >= 11 is 6.25. The summed E-state index contributed by atoms with van der Waals surface area (Å²) in [4.78, 5) is 23.5. The van der Waals surface area contributed by atoms with Crippen LogP contribution in [0.5, 0.6) is 0 Å². The Labute approximate surface area is 194 Å². The second kappa shape index (κ2) is 7.60. The highest BCUT2D eigenvalue weighted by molar-refractivity contribution is 6.30. The molecule has 0 saturated heterocycles. The number of nitrogens with zero attached hydrogens (tertiary/aromatic N) is 3. The van der Waals surface area contributed by atoms with E-state index in [0.717, 1.165) is 41.6 Å². The molecule has 6 nitrogen and oxygen atoms in total. The first-order valence-electron chi connectivity index (χ1n) is 10.7. The minimum Gasteiger partial charge on any atom is -0.478 e. The van der Waals surface area contributed by atoms with Crippen molar-refractivity contribution in [2.45, 2.75) is 12.8 Å². The molecule has 0 bridgehead atoms. The van der Waals surface area contributed by atoms with Gasteiger partial charge in [0.25, 0.3) is 0 Å². The van der Waals surface area contributed by atoms with Gasteiger partial charge >= 0.3 is 5.97 Å². The Morgan fingerprint density at radius 2 is 1.88 bits per heavy atom. The molecular formula is C26H18ClN3O3. The smallest absolute Gasteiger partial charge is 0.335 e. The van der Waals surface area contributed by atoms with Crippen molar-refractivity contribution < 1.29 is 14.3 Å². The Balaban J connectivity index is 1.61. The van der Waals surface area contributed by atoms with Crippen molar-refractivity contribution in [2.24, 2.45) is 0 Å². The molecule has 6 rings (SSSR count). The Hall–Kier alpha value is -3.90. The monoisotopic (exact) mass is 455 g/mol. The standard InChI is InChI=1S/C26H18ClN3O3/c27-18-8-10-21-15(12-18)5-3-11-30(21)25-24(23-14-16-4-1-2-6-22(16)33-23)28-19-9-7-17(26(31)32)13-20(19)29-25/h1-2,4,6-10,12-14H,3,5,11H2,(H,31,32). The van der Waals surface area contributed by atoms with Crippen molar-refractivity contribution in [1.29, 1.82) is 0 Å². The number of hydrogen-bond acceptors (Lipinski definition) is 5. The number of carbonyl (C=O) groups is 1. The molecule has 1 aliphatic rings. The van der Waals surface area contributed by atoms with Gasteiger partial charge in [0.1, 0.15) is 11.3 Å². The fourth-order valence-corrected chi connectivity index (χ4v) is 4.61. The van der Waals surface area contributed by atoms with Gasteiger partial charge in [-0.3, -0.25) is 0 Å². The number of aromatic carboxylic acids is 1. The third-order valence-corrected chi connectivity index (χ3v) is 6.20. The number of carboxylic acids is 1. The molecule has 0 radical (unpaired) electrons. The Morgan fingerprint density at radius 1 is 1.00 bits per heavy atom. The van der Waals surface area contributed by atoms with Crippen LogP contribution in [0.25, 0.3) is 33.5 Å². The van der Waals surface area contributed by atoms with Gasteiger partial charge in [-0.05, 0) is 66.9 Å². The Kier molecular flexibility index (Phi) is 4.55. The van der Waals surface area contributed by atoms with E-state index in [1.54, 1.807) is 18.2 Å². The van der Waals surface area contributed by atoms with Crippen LogP contribution in [0.15, 0.2) is 71.1 Å². The number of hydrogen-bond donors (Lipinski definition) is 1. The van der Waals surface area contributed by atoms with Gasteiger partial charge in [-0.15, -0.1) is 0 Å². The van der Waals surface area contributed by atoms with Crippen LogP contribution in [0, 0.1) is 0 Å². The van der Waals surface area contributed by atoms with Crippen molar-refractivity contribution >= 4 is 51.1 Å². The molecule has 1 N–H and O–H groups in total. The number of fused-ring (bicyclic) bond motifs is 3. The van der Waals surface area contributed by atoms with E-state index < -0.39 is 5.97 Å². The lowest BCUT2D eigenvalue weighted by atomic mass is 10.0. The zero-order valence-corrected chi connectivity index (χ0v) is 18.2. The molecule has 0 aliphatic carbocycles. The van der Waals surface area contributed by atoms with E-state index in [1.165, 1.54) is 0 Å². The van der Waals surface area contributed by atoms with Crippen LogP contribution in [-0.2, 0) is 6.42 Å². The summed E-state index contributed by atoms with van der Waals surface area (Å²) in [6.45, 7) is 0.751. The van der Waals surface area contributed by atoms with Crippen molar-refractivity contribution in [3.8, 4) is 11.5 Å². The lowest BCUT2D eigenvalue weighted by Crippen LogP contribution is -2.26. The molecule has 0 fully saturated rings.